The third kappa shape index (κ3) is 4.03. The highest BCUT2D eigenvalue weighted by Gasteiger charge is 2.59. The minimum absolute atomic E-state index is 0.0424. The maximum absolute atomic E-state index is 11.9. The molecule has 2 N–H and O–H groups in total. The van der Waals surface area contributed by atoms with E-state index in [4.69, 9.17) is 11.2 Å². The highest BCUT2D eigenvalue weighted by atomic mass is 32.2. The quantitative estimate of drug-likeness (QED) is 0.416. The van der Waals surface area contributed by atoms with Crippen LogP contribution in [0.2, 0.25) is 0 Å². The molecule has 0 aromatic carbocycles. The summed E-state index contributed by atoms with van der Waals surface area (Å²) >= 11 is 0. The minimum Gasteiger partial charge on any atom is -0.369 e. The van der Waals surface area contributed by atoms with E-state index in [9.17, 15) is 8.42 Å². The molecule has 6 rings (SSSR count). The lowest BCUT2D eigenvalue weighted by Crippen LogP contribution is -2.50. The van der Waals surface area contributed by atoms with E-state index in [1.54, 1.807) is 11.1 Å². The predicted molar refractivity (Wildman–Crippen MR) is 144 cm³/mol. The maximum Gasteiger partial charge on any atom is 0.208 e. The van der Waals surface area contributed by atoms with E-state index in [1.165, 1.54) is 38.4 Å². The number of sulfonamides is 1. The summed E-state index contributed by atoms with van der Waals surface area (Å²) in [7, 11) is -3.14. The molecule has 200 valence electrons. The van der Waals surface area contributed by atoms with Crippen LogP contribution >= 0.6 is 0 Å². The van der Waals surface area contributed by atoms with Crippen molar-refractivity contribution in [3.63, 3.8) is 0 Å². The number of nitrogens with one attached hydrogen (secondary N) is 2. The molecule has 36 heavy (non-hydrogen) atoms. The summed E-state index contributed by atoms with van der Waals surface area (Å²) in [6, 6.07) is 0.553. The van der Waals surface area contributed by atoms with Crippen molar-refractivity contribution in [2.75, 3.05) is 12.8 Å². The molecule has 0 aromatic heterocycles. The van der Waals surface area contributed by atoms with Crippen molar-refractivity contribution < 1.29 is 13.2 Å². The van der Waals surface area contributed by atoms with Gasteiger partial charge in [-0.25, -0.2) is 13.1 Å². The number of piperidine rings is 1. The topological polar surface area (TPSA) is 67.4 Å². The lowest BCUT2D eigenvalue weighted by Gasteiger charge is -2.54. The van der Waals surface area contributed by atoms with Crippen molar-refractivity contribution in [2.24, 2.45) is 40.9 Å². The number of ether oxygens (including phenoxy) is 1. The van der Waals surface area contributed by atoms with Gasteiger partial charge in [-0.2, -0.15) is 0 Å². The number of terminal acetylenes is 1. The first-order chi connectivity index (χ1) is 17.0. The summed E-state index contributed by atoms with van der Waals surface area (Å²) in [5, 5.41) is 3.76. The van der Waals surface area contributed by atoms with Gasteiger partial charge in [0.15, 0.2) is 0 Å². The molecule has 2 heterocycles. The van der Waals surface area contributed by atoms with Crippen molar-refractivity contribution in [1.82, 2.24) is 10.0 Å². The Morgan fingerprint density at radius 3 is 2.72 bits per heavy atom. The second-order valence-corrected chi connectivity index (χ2v) is 15.6. The zero-order chi connectivity index (χ0) is 25.5. The number of fused-ring (bicyclic) bond motifs is 6. The standard InChI is InChI=1S/C30H46N2O3S/c1-6-20-13-27-28(31-17-20)19(3)30(35-27)12-10-23-24-8-7-21-14-22(32-36(5,33)34)9-11-29(21,4)26(24)15-25(23)18(2)16-30/h1,19-24,26-28,31-32H,7-17H2,2-5H3/t19-,20+,21-,22-,23+,24+,26+,27-,28+,29+,30+/m1/s1. The third-order valence-corrected chi connectivity index (χ3v) is 12.8. The molecule has 0 aromatic rings. The highest BCUT2D eigenvalue weighted by molar-refractivity contribution is 7.88. The second kappa shape index (κ2) is 8.83. The molecule has 1 spiro atoms. The molecule has 6 aliphatic rings. The first-order valence-electron chi connectivity index (χ1n) is 14.6. The second-order valence-electron chi connectivity index (χ2n) is 13.8. The summed E-state index contributed by atoms with van der Waals surface area (Å²) in [5.41, 5.74) is 3.67. The molecular formula is C30H46N2O3S. The average molecular weight is 515 g/mol. The van der Waals surface area contributed by atoms with Crippen LogP contribution in [0.15, 0.2) is 11.1 Å². The summed E-state index contributed by atoms with van der Waals surface area (Å²) < 4.78 is 33.7. The smallest absolute Gasteiger partial charge is 0.208 e. The van der Waals surface area contributed by atoms with Gasteiger partial charge in [0.25, 0.3) is 0 Å². The van der Waals surface area contributed by atoms with Crippen molar-refractivity contribution in [3.05, 3.63) is 11.1 Å². The van der Waals surface area contributed by atoms with E-state index in [-0.39, 0.29) is 23.7 Å². The largest absolute Gasteiger partial charge is 0.369 e. The van der Waals surface area contributed by atoms with Crippen LogP contribution in [-0.2, 0) is 14.8 Å². The van der Waals surface area contributed by atoms with Crippen LogP contribution < -0.4 is 10.0 Å². The van der Waals surface area contributed by atoms with Crippen LogP contribution in [-0.4, -0.2) is 45.0 Å². The summed E-state index contributed by atoms with van der Waals surface area (Å²) in [5.74, 6) is 6.65. The van der Waals surface area contributed by atoms with Crippen LogP contribution in [0.4, 0.5) is 0 Å². The van der Waals surface area contributed by atoms with E-state index in [0.29, 0.717) is 29.2 Å². The molecule has 6 heteroatoms. The van der Waals surface area contributed by atoms with E-state index in [1.807, 2.05) is 0 Å². The SMILES string of the molecule is C#C[C@@H]1CN[C@H]2[C@@H](C)[C@@]3(CC[C@@H]4C(=C(C)C3)C[C@H]3[C@H]4CC[C@@H]4C[C@H](NS(C)(=O)=O)CC[C@@]43C)O[C@@H]2C1. The van der Waals surface area contributed by atoms with Gasteiger partial charge >= 0.3 is 0 Å². The van der Waals surface area contributed by atoms with E-state index in [2.05, 4.69) is 36.7 Å². The number of allylic oxidation sites excluding steroid dienone is 1. The highest BCUT2D eigenvalue weighted by Crippen LogP contribution is 2.65. The fourth-order valence-corrected chi connectivity index (χ4v) is 11.0. The monoisotopic (exact) mass is 514 g/mol. The lowest BCUT2D eigenvalue weighted by atomic mass is 9.52. The van der Waals surface area contributed by atoms with Crippen molar-refractivity contribution >= 4 is 10.0 Å². The first-order valence-corrected chi connectivity index (χ1v) is 16.5. The molecule has 0 amide bonds. The third-order valence-electron chi connectivity index (χ3n) is 12.0. The van der Waals surface area contributed by atoms with Crippen molar-refractivity contribution in [2.45, 2.75) is 109 Å². The zero-order valence-corrected chi connectivity index (χ0v) is 23.5. The molecule has 0 radical (unpaired) electrons. The maximum atomic E-state index is 11.9. The predicted octanol–water partition coefficient (Wildman–Crippen LogP) is 4.64. The van der Waals surface area contributed by atoms with Gasteiger partial charge in [0.2, 0.25) is 10.0 Å². The van der Waals surface area contributed by atoms with Gasteiger partial charge in [-0.15, -0.1) is 12.3 Å². The molecule has 2 aliphatic heterocycles. The Balaban J connectivity index is 1.21. The van der Waals surface area contributed by atoms with Crippen LogP contribution in [0, 0.1) is 53.3 Å². The molecule has 5 fully saturated rings. The Kier molecular flexibility index (Phi) is 6.23. The van der Waals surface area contributed by atoms with Gasteiger partial charge < -0.3 is 10.1 Å². The zero-order valence-electron chi connectivity index (χ0n) is 22.7. The van der Waals surface area contributed by atoms with E-state index < -0.39 is 10.0 Å². The van der Waals surface area contributed by atoms with Crippen molar-refractivity contribution in [1.29, 1.82) is 0 Å². The van der Waals surface area contributed by atoms with Crippen molar-refractivity contribution in [3.8, 4) is 12.3 Å². The van der Waals surface area contributed by atoms with Crippen LogP contribution in [0.5, 0.6) is 0 Å². The normalized spacial score (nSPS) is 50.6. The van der Waals surface area contributed by atoms with Gasteiger partial charge in [-0.1, -0.05) is 25.0 Å². The van der Waals surface area contributed by atoms with Crippen LogP contribution in [0.3, 0.4) is 0 Å². The van der Waals surface area contributed by atoms with Crippen LogP contribution in [0.25, 0.3) is 0 Å². The number of hydrogen-bond donors (Lipinski definition) is 2. The summed E-state index contributed by atoms with van der Waals surface area (Å²) in [4.78, 5) is 0. The Bertz CT molecular complexity index is 1080. The molecule has 0 unspecified atom stereocenters. The van der Waals surface area contributed by atoms with Crippen LogP contribution in [0.1, 0.15) is 85.0 Å². The molecular weight excluding hydrogens is 468 g/mol. The van der Waals surface area contributed by atoms with Gasteiger partial charge in [-0.05, 0) is 100 Å². The van der Waals surface area contributed by atoms with E-state index >= 15 is 0 Å². The Morgan fingerprint density at radius 1 is 1.17 bits per heavy atom. The lowest BCUT2D eigenvalue weighted by molar-refractivity contribution is -0.0734. The van der Waals surface area contributed by atoms with Gasteiger partial charge in [0, 0.05) is 30.5 Å². The number of rotatable bonds is 2. The van der Waals surface area contributed by atoms with E-state index in [0.717, 1.165) is 50.5 Å². The summed E-state index contributed by atoms with van der Waals surface area (Å²) in [6.45, 7) is 8.31. The molecule has 3 saturated carbocycles. The number of hydrogen-bond acceptors (Lipinski definition) is 4. The molecule has 0 bridgehead atoms. The van der Waals surface area contributed by atoms with Gasteiger partial charge in [0.1, 0.15) is 0 Å². The van der Waals surface area contributed by atoms with Gasteiger partial charge in [0.05, 0.1) is 18.0 Å². The first kappa shape index (κ1) is 25.4. The molecule has 4 aliphatic carbocycles. The average Bonchev–Trinajstić information content (AvgIpc) is 3.28. The fourth-order valence-electron chi connectivity index (χ4n) is 10.2. The minimum atomic E-state index is -3.14. The Morgan fingerprint density at radius 2 is 1.97 bits per heavy atom. The summed E-state index contributed by atoms with van der Waals surface area (Å²) in [6.07, 6.45) is 18.8. The molecule has 2 saturated heterocycles. The molecule has 11 atom stereocenters. The fraction of sp³-hybridized carbons (Fsp3) is 0.867. The Hall–Kier alpha value is -0.870. The Labute approximate surface area is 219 Å². The van der Waals surface area contributed by atoms with Gasteiger partial charge in [-0.3, -0.25) is 0 Å². The molecule has 5 nitrogen and oxygen atoms in total.